The van der Waals surface area contributed by atoms with Crippen LogP contribution in [0.15, 0.2) is 36.8 Å². The molecule has 1 aromatic carbocycles. The SMILES string of the molecule is CCCn1cncc1C(Nc1ccccc1Cl)C(=O)OC. The quantitative estimate of drug-likeness (QED) is 0.832. The van der Waals surface area contributed by atoms with Crippen molar-refractivity contribution in [1.82, 2.24) is 9.55 Å². The molecule has 0 radical (unpaired) electrons. The Morgan fingerprint density at radius 3 is 2.90 bits per heavy atom. The molecule has 1 N–H and O–H groups in total. The van der Waals surface area contributed by atoms with E-state index in [0.29, 0.717) is 10.7 Å². The number of para-hydroxylation sites is 1. The van der Waals surface area contributed by atoms with E-state index in [9.17, 15) is 4.79 Å². The zero-order valence-corrected chi connectivity index (χ0v) is 12.8. The maximum Gasteiger partial charge on any atom is 0.334 e. The fourth-order valence-electron chi connectivity index (χ4n) is 2.10. The van der Waals surface area contributed by atoms with Gasteiger partial charge in [0.15, 0.2) is 6.04 Å². The molecule has 1 heterocycles. The second-order valence-electron chi connectivity index (χ2n) is 4.59. The molecule has 1 unspecified atom stereocenters. The van der Waals surface area contributed by atoms with E-state index in [1.165, 1.54) is 7.11 Å². The number of imidazole rings is 1. The van der Waals surface area contributed by atoms with Gasteiger partial charge < -0.3 is 14.6 Å². The first kappa shape index (κ1) is 15.4. The first-order valence-electron chi connectivity index (χ1n) is 6.76. The van der Waals surface area contributed by atoms with Gasteiger partial charge in [0.25, 0.3) is 0 Å². The smallest absolute Gasteiger partial charge is 0.334 e. The fourth-order valence-corrected chi connectivity index (χ4v) is 2.29. The number of hydrogen-bond acceptors (Lipinski definition) is 4. The maximum atomic E-state index is 12.1. The van der Waals surface area contributed by atoms with Crippen LogP contribution in [0.2, 0.25) is 5.02 Å². The van der Waals surface area contributed by atoms with Crippen molar-refractivity contribution < 1.29 is 9.53 Å². The van der Waals surface area contributed by atoms with Crippen LogP contribution in [0.4, 0.5) is 5.69 Å². The summed E-state index contributed by atoms with van der Waals surface area (Å²) in [6, 6.07) is 6.62. The highest BCUT2D eigenvalue weighted by molar-refractivity contribution is 6.33. The largest absolute Gasteiger partial charge is 0.467 e. The number of nitrogens with one attached hydrogen (secondary N) is 1. The van der Waals surface area contributed by atoms with Crippen molar-refractivity contribution >= 4 is 23.3 Å². The number of aromatic nitrogens is 2. The molecule has 2 aromatic rings. The highest BCUT2D eigenvalue weighted by atomic mass is 35.5. The molecule has 0 saturated heterocycles. The number of carbonyl (C=O) groups is 1. The van der Waals surface area contributed by atoms with Gasteiger partial charge in [-0.25, -0.2) is 9.78 Å². The molecule has 0 amide bonds. The van der Waals surface area contributed by atoms with Crippen LogP contribution in [0.3, 0.4) is 0 Å². The molecule has 112 valence electrons. The second kappa shape index (κ2) is 7.13. The van der Waals surface area contributed by atoms with E-state index >= 15 is 0 Å². The van der Waals surface area contributed by atoms with E-state index in [0.717, 1.165) is 18.7 Å². The molecule has 5 nitrogen and oxygen atoms in total. The number of aryl methyl sites for hydroxylation is 1. The summed E-state index contributed by atoms with van der Waals surface area (Å²) in [5.41, 5.74) is 1.43. The molecular weight excluding hydrogens is 290 g/mol. The number of rotatable bonds is 6. The average molecular weight is 308 g/mol. The summed E-state index contributed by atoms with van der Waals surface area (Å²) < 4.78 is 6.83. The minimum absolute atomic E-state index is 0.382. The highest BCUT2D eigenvalue weighted by Gasteiger charge is 2.25. The van der Waals surface area contributed by atoms with Gasteiger partial charge in [0.05, 0.1) is 36.0 Å². The first-order chi connectivity index (χ1) is 10.2. The Kier molecular flexibility index (Phi) is 5.22. The number of anilines is 1. The van der Waals surface area contributed by atoms with Gasteiger partial charge in [-0.15, -0.1) is 0 Å². The third-order valence-electron chi connectivity index (χ3n) is 3.12. The summed E-state index contributed by atoms with van der Waals surface area (Å²) in [5, 5.41) is 3.68. The highest BCUT2D eigenvalue weighted by Crippen LogP contribution is 2.26. The fraction of sp³-hybridized carbons (Fsp3) is 0.333. The molecule has 0 saturated carbocycles. The van der Waals surface area contributed by atoms with Crippen molar-refractivity contribution in [3.8, 4) is 0 Å². The molecule has 6 heteroatoms. The maximum absolute atomic E-state index is 12.1. The molecule has 0 aliphatic carbocycles. The van der Waals surface area contributed by atoms with E-state index < -0.39 is 6.04 Å². The van der Waals surface area contributed by atoms with Gasteiger partial charge in [-0.2, -0.15) is 0 Å². The number of esters is 1. The molecule has 0 aliphatic heterocycles. The number of carbonyl (C=O) groups excluding carboxylic acids is 1. The summed E-state index contributed by atoms with van der Waals surface area (Å²) in [6.45, 7) is 2.85. The Hall–Kier alpha value is -2.01. The van der Waals surface area contributed by atoms with Crippen molar-refractivity contribution in [1.29, 1.82) is 0 Å². The predicted octanol–water partition coefficient (Wildman–Crippen LogP) is 3.27. The van der Waals surface area contributed by atoms with Gasteiger partial charge in [0, 0.05) is 6.54 Å². The van der Waals surface area contributed by atoms with Crippen molar-refractivity contribution in [2.24, 2.45) is 0 Å². The lowest BCUT2D eigenvalue weighted by molar-refractivity contribution is -0.141. The van der Waals surface area contributed by atoms with Gasteiger partial charge in [0.2, 0.25) is 0 Å². The van der Waals surface area contributed by atoms with Crippen molar-refractivity contribution in [3.63, 3.8) is 0 Å². The van der Waals surface area contributed by atoms with Crippen LogP contribution in [0, 0.1) is 0 Å². The molecule has 0 spiro atoms. The predicted molar refractivity (Wildman–Crippen MR) is 82.3 cm³/mol. The van der Waals surface area contributed by atoms with Crippen LogP contribution in [-0.4, -0.2) is 22.6 Å². The third kappa shape index (κ3) is 3.55. The van der Waals surface area contributed by atoms with E-state index in [1.807, 2.05) is 22.8 Å². The molecule has 0 aliphatic rings. The Bertz CT molecular complexity index is 612. The molecular formula is C15H18ClN3O2. The summed E-state index contributed by atoms with van der Waals surface area (Å²) in [5.74, 6) is -0.382. The number of benzene rings is 1. The van der Waals surface area contributed by atoms with E-state index in [4.69, 9.17) is 16.3 Å². The Labute approximate surface area is 128 Å². The molecule has 2 rings (SSSR count). The standard InChI is InChI=1S/C15H18ClN3O2/c1-3-8-19-10-17-9-13(19)14(15(20)21-2)18-12-7-5-4-6-11(12)16/h4-7,9-10,14,18H,3,8H2,1-2H3. The van der Waals surface area contributed by atoms with E-state index in [2.05, 4.69) is 17.2 Å². The monoisotopic (exact) mass is 307 g/mol. The molecule has 21 heavy (non-hydrogen) atoms. The van der Waals surface area contributed by atoms with Gasteiger partial charge in [0.1, 0.15) is 0 Å². The lowest BCUT2D eigenvalue weighted by atomic mass is 10.2. The van der Waals surface area contributed by atoms with Crippen LogP contribution >= 0.6 is 11.6 Å². The minimum atomic E-state index is -0.649. The van der Waals surface area contributed by atoms with E-state index in [-0.39, 0.29) is 5.97 Å². The van der Waals surface area contributed by atoms with Crippen molar-refractivity contribution in [3.05, 3.63) is 47.5 Å². The summed E-state index contributed by atoms with van der Waals surface area (Å²) in [4.78, 5) is 16.2. The lowest BCUT2D eigenvalue weighted by Crippen LogP contribution is -2.25. The van der Waals surface area contributed by atoms with Gasteiger partial charge in [-0.1, -0.05) is 30.7 Å². The average Bonchev–Trinajstić information content (AvgIpc) is 2.94. The number of ether oxygens (including phenoxy) is 1. The molecule has 1 aromatic heterocycles. The zero-order chi connectivity index (χ0) is 15.2. The normalized spacial score (nSPS) is 12.0. The summed E-state index contributed by atoms with van der Waals surface area (Å²) in [7, 11) is 1.37. The molecule has 1 atom stereocenters. The minimum Gasteiger partial charge on any atom is -0.467 e. The Balaban J connectivity index is 2.33. The van der Waals surface area contributed by atoms with Gasteiger partial charge >= 0.3 is 5.97 Å². The zero-order valence-electron chi connectivity index (χ0n) is 12.0. The molecule has 0 bridgehead atoms. The number of hydrogen-bond donors (Lipinski definition) is 1. The Morgan fingerprint density at radius 2 is 2.24 bits per heavy atom. The summed E-state index contributed by atoms with van der Waals surface area (Å²) >= 11 is 6.14. The topological polar surface area (TPSA) is 56.2 Å². The second-order valence-corrected chi connectivity index (χ2v) is 5.00. The van der Waals surface area contributed by atoms with Crippen LogP contribution in [-0.2, 0) is 16.1 Å². The van der Waals surface area contributed by atoms with Crippen molar-refractivity contribution in [2.75, 3.05) is 12.4 Å². The van der Waals surface area contributed by atoms with Gasteiger partial charge in [-0.3, -0.25) is 0 Å². The first-order valence-corrected chi connectivity index (χ1v) is 7.14. The summed E-state index contributed by atoms with van der Waals surface area (Å²) in [6.07, 6.45) is 4.33. The van der Waals surface area contributed by atoms with Crippen LogP contribution in [0.5, 0.6) is 0 Å². The number of nitrogens with zero attached hydrogens (tertiary/aromatic N) is 2. The number of halogens is 1. The van der Waals surface area contributed by atoms with Crippen LogP contribution in [0.25, 0.3) is 0 Å². The lowest BCUT2D eigenvalue weighted by Gasteiger charge is -2.19. The van der Waals surface area contributed by atoms with Crippen LogP contribution < -0.4 is 5.32 Å². The van der Waals surface area contributed by atoms with E-state index in [1.54, 1.807) is 18.6 Å². The Morgan fingerprint density at radius 1 is 1.48 bits per heavy atom. The van der Waals surface area contributed by atoms with Crippen LogP contribution in [0.1, 0.15) is 25.1 Å². The molecule has 0 fully saturated rings. The van der Waals surface area contributed by atoms with Gasteiger partial charge in [-0.05, 0) is 18.6 Å². The third-order valence-corrected chi connectivity index (χ3v) is 3.44. The van der Waals surface area contributed by atoms with Crippen molar-refractivity contribution in [2.45, 2.75) is 25.9 Å². The number of methoxy groups -OCH3 is 1.